The Hall–Kier alpha value is -2.94. The first-order chi connectivity index (χ1) is 15.0. The van der Waals surface area contributed by atoms with Gasteiger partial charge in [-0.1, -0.05) is 13.0 Å². The van der Waals surface area contributed by atoms with Crippen LogP contribution in [0.1, 0.15) is 23.7 Å². The number of amides is 1. The highest BCUT2D eigenvalue weighted by atomic mass is 127. The second-order valence-corrected chi connectivity index (χ2v) is 7.76. The minimum Gasteiger partial charge on any atom is -0.497 e. The number of carbonyl (C=O) groups excluding carboxylic acids is 1. The minimum atomic E-state index is -0.236. The van der Waals surface area contributed by atoms with Crippen molar-refractivity contribution >= 4 is 34.2 Å². The maximum Gasteiger partial charge on any atom is 0.255 e. The average Bonchev–Trinajstić information content (AvgIpc) is 2.79. The van der Waals surface area contributed by atoms with E-state index in [-0.39, 0.29) is 5.91 Å². The van der Waals surface area contributed by atoms with E-state index >= 15 is 0 Å². The molecule has 0 unspecified atom stereocenters. The molecule has 1 N–H and O–H groups in total. The number of ether oxygens (including phenoxy) is 4. The van der Waals surface area contributed by atoms with E-state index in [2.05, 4.69) is 27.9 Å². The molecule has 3 aromatic carbocycles. The Morgan fingerprint density at radius 3 is 2.35 bits per heavy atom. The molecule has 0 radical (unpaired) electrons. The van der Waals surface area contributed by atoms with Gasteiger partial charge < -0.3 is 24.3 Å². The van der Waals surface area contributed by atoms with Gasteiger partial charge in [-0.25, -0.2) is 0 Å². The van der Waals surface area contributed by atoms with Crippen LogP contribution >= 0.6 is 22.6 Å². The van der Waals surface area contributed by atoms with E-state index in [1.54, 1.807) is 56.7 Å². The molecule has 0 heterocycles. The predicted octanol–water partition coefficient (Wildman–Crippen LogP) is 6.14. The van der Waals surface area contributed by atoms with Crippen molar-refractivity contribution in [2.24, 2.45) is 0 Å². The lowest BCUT2D eigenvalue weighted by Crippen LogP contribution is -2.13. The van der Waals surface area contributed by atoms with Crippen LogP contribution in [0.5, 0.6) is 28.7 Å². The molecule has 0 aromatic heterocycles. The Balaban J connectivity index is 1.69. The van der Waals surface area contributed by atoms with Gasteiger partial charge in [-0.3, -0.25) is 4.79 Å². The lowest BCUT2D eigenvalue weighted by atomic mass is 10.1. The molecule has 0 aliphatic heterocycles. The minimum absolute atomic E-state index is 0.236. The van der Waals surface area contributed by atoms with Gasteiger partial charge in [0.1, 0.15) is 17.2 Å². The van der Waals surface area contributed by atoms with Crippen LogP contribution < -0.4 is 24.3 Å². The molecule has 6 nitrogen and oxygen atoms in total. The summed E-state index contributed by atoms with van der Waals surface area (Å²) in [7, 11) is 3.17. The predicted molar refractivity (Wildman–Crippen MR) is 129 cm³/mol. The van der Waals surface area contributed by atoms with E-state index in [0.717, 1.165) is 15.7 Å². The number of methoxy groups -OCH3 is 2. The largest absolute Gasteiger partial charge is 0.497 e. The van der Waals surface area contributed by atoms with Gasteiger partial charge in [0.15, 0.2) is 11.5 Å². The van der Waals surface area contributed by atoms with Gasteiger partial charge >= 0.3 is 0 Å². The van der Waals surface area contributed by atoms with Crippen LogP contribution in [0.3, 0.4) is 0 Å². The van der Waals surface area contributed by atoms with Gasteiger partial charge in [-0.15, -0.1) is 0 Å². The molecule has 1 amide bonds. The molecular formula is C24H24INO5. The van der Waals surface area contributed by atoms with E-state index < -0.39 is 0 Å². The van der Waals surface area contributed by atoms with Crippen molar-refractivity contribution in [3.05, 3.63) is 69.8 Å². The quantitative estimate of drug-likeness (QED) is 0.335. The summed E-state index contributed by atoms with van der Waals surface area (Å²) < 4.78 is 23.0. The molecule has 0 saturated carbocycles. The van der Waals surface area contributed by atoms with E-state index in [1.165, 1.54) is 0 Å². The Kier molecular flexibility index (Phi) is 8.00. The fraction of sp³-hybridized carbons (Fsp3) is 0.208. The monoisotopic (exact) mass is 533 g/mol. The molecule has 0 atom stereocenters. The van der Waals surface area contributed by atoms with Gasteiger partial charge in [-0.2, -0.15) is 0 Å². The van der Waals surface area contributed by atoms with E-state index in [9.17, 15) is 4.79 Å². The molecular weight excluding hydrogens is 509 g/mol. The molecule has 162 valence electrons. The zero-order valence-electron chi connectivity index (χ0n) is 17.6. The number of hydrogen-bond donors (Lipinski definition) is 1. The summed E-state index contributed by atoms with van der Waals surface area (Å²) in [6.45, 7) is 2.62. The number of carbonyl (C=O) groups is 1. The fourth-order valence-corrected chi connectivity index (χ4v) is 3.56. The smallest absolute Gasteiger partial charge is 0.255 e. The standard InChI is InChI=1S/C24H24INO5/c1-4-12-30-23-21(25)13-16(14-22(23)29-3)24(27)26-17-8-10-18(11-9-17)31-20-7-5-6-19(15-20)28-2/h5-11,13-15H,4,12H2,1-3H3,(H,26,27). The van der Waals surface area contributed by atoms with E-state index in [4.69, 9.17) is 18.9 Å². The highest BCUT2D eigenvalue weighted by Crippen LogP contribution is 2.34. The van der Waals surface area contributed by atoms with Crippen molar-refractivity contribution in [2.75, 3.05) is 26.1 Å². The molecule has 3 aromatic rings. The van der Waals surface area contributed by atoms with Crippen LogP contribution in [0.15, 0.2) is 60.7 Å². The highest BCUT2D eigenvalue weighted by molar-refractivity contribution is 14.1. The summed E-state index contributed by atoms with van der Waals surface area (Å²) >= 11 is 2.15. The van der Waals surface area contributed by atoms with E-state index in [0.29, 0.717) is 40.9 Å². The lowest BCUT2D eigenvalue weighted by Gasteiger charge is -2.14. The normalized spacial score (nSPS) is 10.3. The van der Waals surface area contributed by atoms with Gasteiger partial charge in [0, 0.05) is 17.3 Å². The number of benzene rings is 3. The third-order valence-electron chi connectivity index (χ3n) is 4.33. The maximum absolute atomic E-state index is 12.8. The van der Waals surface area contributed by atoms with Crippen LogP contribution in [0, 0.1) is 3.57 Å². The summed E-state index contributed by atoms with van der Waals surface area (Å²) in [6, 6.07) is 18.0. The Bertz CT molecular complexity index is 1040. The SMILES string of the molecule is CCCOc1c(I)cc(C(=O)Nc2ccc(Oc3cccc(OC)c3)cc2)cc1OC. The number of rotatable bonds is 9. The molecule has 0 aliphatic carbocycles. The number of hydrogen-bond acceptors (Lipinski definition) is 5. The molecule has 0 saturated heterocycles. The van der Waals surface area contributed by atoms with Crippen LogP contribution in [-0.2, 0) is 0 Å². The van der Waals surface area contributed by atoms with Crippen LogP contribution in [0.4, 0.5) is 5.69 Å². The molecule has 0 spiro atoms. The first-order valence-electron chi connectivity index (χ1n) is 9.77. The first kappa shape index (κ1) is 22.7. The van der Waals surface area contributed by atoms with Crippen molar-refractivity contribution < 1.29 is 23.7 Å². The van der Waals surface area contributed by atoms with Crippen molar-refractivity contribution in [3.8, 4) is 28.7 Å². The van der Waals surface area contributed by atoms with Gasteiger partial charge in [0.05, 0.1) is 24.4 Å². The van der Waals surface area contributed by atoms with E-state index in [1.807, 2.05) is 25.1 Å². The van der Waals surface area contributed by atoms with Crippen molar-refractivity contribution in [2.45, 2.75) is 13.3 Å². The third kappa shape index (κ3) is 6.04. The summed E-state index contributed by atoms with van der Waals surface area (Å²) in [5.74, 6) is 2.99. The molecule has 0 fully saturated rings. The average molecular weight is 533 g/mol. The molecule has 7 heteroatoms. The summed E-state index contributed by atoms with van der Waals surface area (Å²) in [5.41, 5.74) is 1.14. The number of halogens is 1. The Morgan fingerprint density at radius 2 is 1.68 bits per heavy atom. The molecule has 0 aliphatic rings. The zero-order valence-corrected chi connectivity index (χ0v) is 19.8. The lowest BCUT2D eigenvalue weighted by molar-refractivity contribution is 0.102. The zero-order chi connectivity index (χ0) is 22.2. The Morgan fingerprint density at radius 1 is 0.935 bits per heavy atom. The summed E-state index contributed by atoms with van der Waals surface area (Å²) in [4.78, 5) is 12.8. The molecule has 0 bridgehead atoms. The third-order valence-corrected chi connectivity index (χ3v) is 5.13. The fourth-order valence-electron chi connectivity index (χ4n) is 2.81. The van der Waals surface area contributed by atoms with Crippen molar-refractivity contribution in [1.82, 2.24) is 0 Å². The second kappa shape index (κ2) is 10.9. The molecule has 3 rings (SSSR count). The van der Waals surface area contributed by atoms with Gasteiger partial charge in [0.25, 0.3) is 5.91 Å². The Labute approximate surface area is 195 Å². The number of nitrogens with one attached hydrogen (secondary N) is 1. The first-order valence-corrected chi connectivity index (χ1v) is 10.9. The topological polar surface area (TPSA) is 66.0 Å². The van der Waals surface area contributed by atoms with Crippen LogP contribution in [-0.4, -0.2) is 26.7 Å². The van der Waals surface area contributed by atoms with Gasteiger partial charge in [-0.05, 0) is 77.5 Å². The van der Waals surface area contributed by atoms with Crippen LogP contribution in [0.25, 0.3) is 0 Å². The molecule has 31 heavy (non-hydrogen) atoms. The van der Waals surface area contributed by atoms with Crippen molar-refractivity contribution in [3.63, 3.8) is 0 Å². The second-order valence-electron chi connectivity index (χ2n) is 6.60. The van der Waals surface area contributed by atoms with Crippen molar-refractivity contribution in [1.29, 1.82) is 0 Å². The van der Waals surface area contributed by atoms with Crippen LogP contribution in [0.2, 0.25) is 0 Å². The maximum atomic E-state index is 12.8. The summed E-state index contributed by atoms with van der Waals surface area (Å²) in [5, 5.41) is 2.89. The summed E-state index contributed by atoms with van der Waals surface area (Å²) in [6.07, 6.45) is 0.888. The highest BCUT2D eigenvalue weighted by Gasteiger charge is 2.16. The van der Waals surface area contributed by atoms with Gasteiger partial charge in [0.2, 0.25) is 0 Å². The number of anilines is 1.